The fourth-order valence-electron chi connectivity index (χ4n) is 5.22. The number of hydrogen-bond acceptors (Lipinski definition) is 3. The molecule has 0 radical (unpaired) electrons. The molecule has 5 rings (SSSR count). The van der Waals surface area contributed by atoms with Gasteiger partial charge >= 0.3 is 0 Å². The molecule has 3 aromatic rings. The minimum absolute atomic E-state index is 0.00552. The number of amides is 2. The lowest BCUT2D eigenvalue weighted by Gasteiger charge is -2.33. The number of likely N-dealkylation sites (N-methyl/N-ethyl adjacent to an activating group) is 1. The van der Waals surface area contributed by atoms with Gasteiger partial charge in [-0.1, -0.05) is 48.5 Å². The molecule has 1 saturated heterocycles. The molecule has 0 aliphatic carbocycles. The van der Waals surface area contributed by atoms with Crippen LogP contribution in [0.2, 0.25) is 0 Å². The summed E-state index contributed by atoms with van der Waals surface area (Å²) in [5.41, 5.74) is 6.25. The summed E-state index contributed by atoms with van der Waals surface area (Å²) < 4.78 is 0. The van der Waals surface area contributed by atoms with Crippen molar-refractivity contribution >= 4 is 17.5 Å². The van der Waals surface area contributed by atoms with Gasteiger partial charge in [0.1, 0.15) is 0 Å². The molecule has 168 valence electrons. The second-order valence-corrected chi connectivity index (χ2v) is 9.18. The van der Waals surface area contributed by atoms with Gasteiger partial charge in [0.15, 0.2) is 0 Å². The number of carbonyl (C=O) groups excluding carboxylic acids is 2. The Balaban J connectivity index is 1.33. The summed E-state index contributed by atoms with van der Waals surface area (Å²) in [4.78, 5) is 34.6. The largest absolute Gasteiger partial charge is 0.342 e. The Bertz CT molecular complexity index is 1190. The van der Waals surface area contributed by atoms with Crippen molar-refractivity contribution in [2.45, 2.75) is 38.0 Å². The molecule has 0 N–H and O–H groups in total. The number of nitrogens with zero attached hydrogens (tertiary/aromatic N) is 3. The summed E-state index contributed by atoms with van der Waals surface area (Å²) in [6.07, 6.45) is 2.19. The van der Waals surface area contributed by atoms with Gasteiger partial charge in [0.25, 0.3) is 0 Å². The van der Waals surface area contributed by atoms with E-state index in [-0.39, 0.29) is 30.1 Å². The van der Waals surface area contributed by atoms with E-state index in [0.29, 0.717) is 6.54 Å². The van der Waals surface area contributed by atoms with Crippen molar-refractivity contribution in [2.75, 3.05) is 25.0 Å². The first kappa shape index (κ1) is 21.4. The monoisotopic (exact) mass is 439 g/mol. The Kier molecular flexibility index (Phi) is 5.71. The van der Waals surface area contributed by atoms with Gasteiger partial charge in [-0.3, -0.25) is 14.6 Å². The van der Waals surface area contributed by atoms with Crippen LogP contribution in [0.5, 0.6) is 0 Å². The Morgan fingerprint density at radius 2 is 1.79 bits per heavy atom. The minimum Gasteiger partial charge on any atom is -0.342 e. The molecule has 5 heteroatoms. The summed E-state index contributed by atoms with van der Waals surface area (Å²) in [7, 11) is 1.79. The first-order chi connectivity index (χ1) is 16.0. The Morgan fingerprint density at radius 1 is 1.03 bits per heavy atom. The lowest BCUT2D eigenvalue weighted by atomic mass is 9.91. The van der Waals surface area contributed by atoms with Crippen LogP contribution in [0.1, 0.15) is 48.0 Å². The van der Waals surface area contributed by atoms with Gasteiger partial charge in [-0.15, -0.1) is 0 Å². The Morgan fingerprint density at radius 3 is 2.61 bits per heavy atom. The van der Waals surface area contributed by atoms with Crippen LogP contribution in [0.15, 0.2) is 66.7 Å². The van der Waals surface area contributed by atoms with Gasteiger partial charge in [0.2, 0.25) is 11.8 Å². The highest BCUT2D eigenvalue weighted by Crippen LogP contribution is 2.39. The van der Waals surface area contributed by atoms with Crippen molar-refractivity contribution in [3.05, 3.63) is 83.7 Å². The number of carbonyl (C=O) groups is 2. The number of aromatic nitrogens is 1. The van der Waals surface area contributed by atoms with Crippen LogP contribution in [-0.2, 0) is 9.59 Å². The highest BCUT2D eigenvalue weighted by molar-refractivity contribution is 6.06. The molecule has 2 atom stereocenters. The highest BCUT2D eigenvalue weighted by Gasteiger charge is 2.37. The molecule has 2 aliphatic rings. The summed E-state index contributed by atoms with van der Waals surface area (Å²) in [6.45, 7) is 3.42. The summed E-state index contributed by atoms with van der Waals surface area (Å²) in [6, 6.07) is 22.4. The SMILES string of the molecule is Cc1cc(-c2ccccc2)cc([C@@H]2CCCN(C(=O)C[C@@H]3C(=O)N(C)c4ccccc43)C2)n1. The van der Waals surface area contributed by atoms with Crippen molar-refractivity contribution in [1.29, 1.82) is 0 Å². The maximum Gasteiger partial charge on any atom is 0.234 e. The van der Waals surface area contributed by atoms with E-state index in [1.54, 1.807) is 11.9 Å². The zero-order valence-corrected chi connectivity index (χ0v) is 19.2. The van der Waals surface area contributed by atoms with Crippen LogP contribution in [0.25, 0.3) is 11.1 Å². The molecule has 1 aromatic heterocycles. The van der Waals surface area contributed by atoms with E-state index < -0.39 is 0 Å². The van der Waals surface area contributed by atoms with E-state index in [9.17, 15) is 9.59 Å². The number of likely N-dealkylation sites (tertiary alicyclic amines) is 1. The molecule has 0 unspecified atom stereocenters. The standard InChI is InChI=1S/C28H29N3O2/c1-19-15-22(20-9-4-3-5-10-20)16-25(29-19)21-11-8-14-31(18-21)27(32)17-24-23-12-6-7-13-26(23)30(2)28(24)33/h3-7,9-10,12-13,15-16,21,24H,8,11,14,17-18H2,1-2H3/t21-,24+/m1/s1. The zero-order valence-electron chi connectivity index (χ0n) is 19.2. The molecular formula is C28H29N3O2. The summed E-state index contributed by atoms with van der Waals surface area (Å²) in [5.74, 6) is -0.120. The van der Waals surface area contributed by atoms with Crippen LogP contribution in [0.3, 0.4) is 0 Å². The third-order valence-electron chi connectivity index (χ3n) is 6.95. The molecule has 0 spiro atoms. The minimum atomic E-state index is -0.388. The highest BCUT2D eigenvalue weighted by atomic mass is 16.2. The van der Waals surface area contributed by atoms with Crippen LogP contribution < -0.4 is 4.90 Å². The van der Waals surface area contributed by atoms with Crippen molar-refractivity contribution in [3.8, 4) is 11.1 Å². The quantitative estimate of drug-likeness (QED) is 0.580. The van der Waals surface area contributed by atoms with Crippen molar-refractivity contribution in [3.63, 3.8) is 0 Å². The zero-order chi connectivity index (χ0) is 22.9. The number of anilines is 1. The normalized spacial score (nSPS) is 20.1. The lowest BCUT2D eigenvalue weighted by molar-refractivity contribution is -0.134. The van der Waals surface area contributed by atoms with Gasteiger partial charge in [-0.25, -0.2) is 0 Å². The number of aryl methyl sites for hydroxylation is 1. The fraction of sp³-hybridized carbons (Fsp3) is 0.321. The van der Waals surface area contributed by atoms with E-state index in [4.69, 9.17) is 4.98 Å². The van der Waals surface area contributed by atoms with Gasteiger partial charge in [-0.05, 0) is 54.7 Å². The number of piperidine rings is 1. The van der Waals surface area contributed by atoms with Crippen LogP contribution in [0, 0.1) is 6.92 Å². The molecule has 2 aromatic carbocycles. The molecular weight excluding hydrogens is 410 g/mol. The molecule has 2 amide bonds. The van der Waals surface area contributed by atoms with Gasteiger partial charge in [-0.2, -0.15) is 0 Å². The van der Waals surface area contributed by atoms with Crippen LogP contribution in [0.4, 0.5) is 5.69 Å². The second-order valence-electron chi connectivity index (χ2n) is 9.18. The Labute approximate surface area is 195 Å². The number of rotatable bonds is 4. The van der Waals surface area contributed by atoms with Crippen molar-refractivity contribution in [1.82, 2.24) is 9.88 Å². The van der Waals surface area contributed by atoms with E-state index >= 15 is 0 Å². The second kappa shape index (κ2) is 8.81. The molecule has 3 heterocycles. The first-order valence-corrected chi connectivity index (χ1v) is 11.7. The average Bonchev–Trinajstić information content (AvgIpc) is 3.09. The van der Waals surface area contributed by atoms with E-state index in [1.165, 1.54) is 5.56 Å². The molecule has 5 nitrogen and oxygen atoms in total. The third kappa shape index (κ3) is 4.15. The predicted octanol–water partition coefficient (Wildman–Crippen LogP) is 4.91. The summed E-state index contributed by atoms with van der Waals surface area (Å²) in [5, 5.41) is 0. The number of fused-ring (bicyclic) bond motifs is 1. The maximum absolute atomic E-state index is 13.3. The van der Waals surface area contributed by atoms with Crippen molar-refractivity contribution < 1.29 is 9.59 Å². The molecule has 2 aliphatic heterocycles. The van der Waals surface area contributed by atoms with Gasteiger partial charge in [0.05, 0.1) is 5.92 Å². The molecule has 0 bridgehead atoms. The lowest BCUT2D eigenvalue weighted by Crippen LogP contribution is -2.40. The number of pyridine rings is 1. The Hall–Kier alpha value is -3.47. The fourth-order valence-corrected chi connectivity index (χ4v) is 5.22. The summed E-state index contributed by atoms with van der Waals surface area (Å²) >= 11 is 0. The van der Waals surface area contributed by atoms with E-state index in [1.807, 2.05) is 54.3 Å². The van der Waals surface area contributed by atoms with Gasteiger partial charge < -0.3 is 9.80 Å². The molecule has 0 saturated carbocycles. The molecule has 1 fully saturated rings. The molecule has 33 heavy (non-hydrogen) atoms. The maximum atomic E-state index is 13.3. The van der Waals surface area contributed by atoms with Gasteiger partial charge in [0, 0.05) is 49.6 Å². The third-order valence-corrected chi connectivity index (χ3v) is 6.95. The number of hydrogen-bond donors (Lipinski definition) is 0. The van der Waals surface area contributed by atoms with Crippen LogP contribution in [-0.4, -0.2) is 41.8 Å². The number of benzene rings is 2. The van der Waals surface area contributed by atoms with Crippen molar-refractivity contribution in [2.24, 2.45) is 0 Å². The topological polar surface area (TPSA) is 53.5 Å². The van der Waals surface area contributed by atoms with Crippen LogP contribution >= 0.6 is 0 Å². The average molecular weight is 440 g/mol. The number of para-hydroxylation sites is 1. The first-order valence-electron chi connectivity index (χ1n) is 11.7. The predicted molar refractivity (Wildman–Crippen MR) is 130 cm³/mol. The van der Waals surface area contributed by atoms with E-state index in [0.717, 1.165) is 47.6 Å². The smallest absolute Gasteiger partial charge is 0.234 e. The van der Waals surface area contributed by atoms with E-state index in [2.05, 4.69) is 24.3 Å².